The van der Waals surface area contributed by atoms with Crippen LogP contribution in [0, 0.1) is 5.95 Å². The zero-order valence-electron chi connectivity index (χ0n) is 7.77. The molecule has 0 aliphatic heterocycles. The number of hydrogen-bond acceptors (Lipinski definition) is 4. The van der Waals surface area contributed by atoms with Crippen molar-refractivity contribution in [2.24, 2.45) is 0 Å². The summed E-state index contributed by atoms with van der Waals surface area (Å²) in [7, 11) is -1.84. The molecule has 6 heteroatoms. The highest BCUT2D eigenvalue weighted by molar-refractivity contribution is 6.58. The highest BCUT2D eigenvalue weighted by Gasteiger charge is 2.17. The Morgan fingerprint density at radius 3 is 2.71 bits per heavy atom. The lowest BCUT2D eigenvalue weighted by molar-refractivity contribution is 0.300. The zero-order valence-corrected chi connectivity index (χ0v) is 7.77. The Balaban J connectivity index is 2.78. The Labute approximate surface area is 81.5 Å². The molecule has 76 valence electrons. The molecular weight excluding hydrogens is 188 g/mol. The fourth-order valence-electron chi connectivity index (χ4n) is 0.908. The monoisotopic (exact) mass is 199 g/mol. The van der Waals surface area contributed by atoms with E-state index < -0.39 is 13.1 Å². The maximum absolute atomic E-state index is 13.0. The third-order valence-corrected chi connectivity index (χ3v) is 1.58. The van der Waals surface area contributed by atoms with Crippen LogP contribution in [0.4, 0.5) is 4.39 Å². The van der Waals surface area contributed by atoms with Crippen LogP contribution in [0.1, 0.15) is 13.3 Å². The molecule has 0 radical (unpaired) electrons. The summed E-state index contributed by atoms with van der Waals surface area (Å²) in [5.74, 6) is -0.776. The number of rotatable bonds is 4. The van der Waals surface area contributed by atoms with Crippen molar-refractivity contribution in [3.05, 3.63) is 18.1 Å². The molecule has 1 aromatic rings. The Morgan fingerprint density at radius 1 is 1.50 bits per heavy atom. The van der Waals surface area contributed by atoms with Gasteiger partial charge in [-0.15, -0.1) is 0 Å². The fraction of sp³-hybridized carbons (Fsp3) is 0.375. The van der Waals surface area contributed by atoms with Crippen LogP contribution in [-0.2, 0) is 0 Å². The average molecular weight is 199 g/mol. The summed E-state index contributed by atoms with van der Waals surface area (Å²) < 4.78 is 18.1. The molecule has 0 bridgehead atoms. The van der Waals surface area contributed by atoms with Crippen LogP contribution < -0.4 is 10.2 Å². The lowest BCUT2D eigenvalue weighted by Gasteiger charge is -2.05. The van der Waals surface area contributed by atoms with Crippen molar-refractivity contribution in [2.45, 2.75) is 13.3 Å². The van der Waals surface area contributed by atoms with Crippen LogP contribution in [0.25, 0.3) is 0 Å². The molecule has 0 aliphatic rings. The second-order valence-electron chi connectivity index (χ2n) is 2.75. The van der Waals surface area contributed by atoms with Gasteiger partial charge in [-0.2, -0.15) is 9.37 Å². The smallest absolute Gasteiger partial charge is 0.478 e. The van der Waals surface area contributed by atoms with Gasteiger partial charge < -0.3 is 14.8 Å². The van der Waals surface area contributed by atoms with Gasteiger partial charge in [-0.25, -0.2) is 0 Å². The third-order valence-electron chi connectivity index (χ3n) is 1.58. The molecule has 2 N–H and O–H groups in total. The molecule has 1 rings (SSSR count). The van der Waals surface area contributed by atoms with Crippen LogP contribution in [0.3, 0.4) is 0 Å². The van der Waals surface area contributed by atoms with Gasteiger partial charge >= 0.3 is 7.12 Å². The first-order valence-electron chi connectivity index (χ1n) is 4.30. The molecule has 4 nitrogen and oxygen atoms in total. The van der Waals surface area contributed by atoms with Crippen molar-refractivity contribution in [1.82, 2.24) is 4.98 Å². The van der Waals surface area contributed by atoms with Gasteiger partial charge in [0.2, 0.25) is 11.8 Å². The summed E-state index contributed by atoms with van der Waals surface area (Å²) in [6.07, 6.45) is 0.799. The van der Waals surface area contributed by atoms with Crippen molar-refractivity contribution in [3.63, 3.8) is 0 Å². The molecule has 0 unspecified atom stereocenters. The number of nitrogens with zero attached hydrogens (tertiary/aromatic N) is 1. The van der Waals surface area contributed by atoms with E-state index in [2.05, 4.69) is 4.98 Å². The maximum atomic E-state index is 13.0. The summed E-state index contributed by atoms with van der Waals surface area (Å²) >= 11 is 0. The molecule has 0 atom stereocenters. The van der Waals surface area contributed by atoms with Gasteiger partial charge in [0.05, 0.1) is 6.61 Å². The molecular formula is C8H11BFNO3. The number of halogens is 1. The molecule has 0 aromatic carbocycles. The second kappa shape index (κ2) is 4.92. The van der Waals surface area contributed by atoms with E-state index in [-0.39, 0.29) is 11.3 Å². The van der Waals surface area contributed by atoms with Gasteiger partial charge in [0.25, 0.3) is 0 Å². The third kappa shape index (κ3) is 2.68. The Hall–Kier alpha value is -1.14. The van der Waals surface area contributed by atoms with Crippen molar-refractivity contribution >= 4 is 12.6 Å². The van der Waals surface area contributed by atoms with E-state index in [1.54, 1.807) is 0 Å². The molecule has 1 heterocycles. The van der Waals surface area contributed by atoms with E-state index in [0.29, 0.717) is 6.61 Å². The molecule has 0 fully saturated rings. The number of hydrogen-bond donors (Lipinski definition) is 2. The molecule has 1 aromatic heterocycles. The van der Waals surface area contributed by atoms with Crippen LogP contribution >= 0.6 is 0 Å². The number of pyridine rings is 1. The van der Waals surface area contributed by atoms with E-state index in [1.165, 1.54) is 12.1 Å². The number of ether oxygens (including phenoxy) is 1. The Kier molecular flexibility index (Phi) is 3.85. The van der Waals surface area contributed by atoms with Crippen molar-refractivity contribution in [1.29, 1.82) is 0 Å². The maximum Gasteiger partial charge on any atom is 0.493 e. The highest BCUT2D eigenvalue weighted by Crippen LogP contribution is 2.05. The minimum atomic E-state index is -1.84. The van der Waals surface area contributed by atoms with Gasteiger partial charge in [-0.3, -0.25) is 0 Å². The second-order valence-corrected chi connectivity index (χ2v) is 2.75. The van der Waals surface area contributed by atoms with E-state index in [0.717, 1.165) is 6.42 Å². The van der Waals surface area contributed by atoms with Gasteiger partial charge in [-0.05, 0) is 6.42 Å². The SMILES string of the molecule is CCCOc1ccc(B(O)O)c(F)n1. The van der Waals surface area contributed by atoms with Gasteiger partial charge in [0, 0.05) is 11.5 Å². The minimum Gasteiger partial charge on any atom is -0.478 e. The molecule has 0 aliphatic carbocycles. The largest absolute Gasteiger partial charge is 0.493 e. The topological polar surface area (TPSA) is 62.6 Å². The Morgan fingerprint density at radius 2 is 2.21 bits per heavy atom. The van der Waals surface area contributed by atoms with E-state index in [4.69, 9.17) is 14.8 Å². The molecule has 14 heavy (non-hydrogen) atoms. The lowest BCUT2D eigenvalue weighted by Crippen LogP contribution is -2.33. The zero-order chi connectivity index (χ0) is 10.6. The fourth-order valence-corrected chi connectivity index (χ4v) is 0.908. The van der Waals surface area contributed by atoms with Crippen molar-refractivity contribution in [2.75, 3.05) is 6.61 Å². The molecule has 0 spiro atoms. The predicted molar refractivity (Wildman–Crippen MR) is 49.8 cm³/mol. The first kappa shape index (κ1) is 10.9. The first-order chi connectivity index (χ1) is 6.65. The van der Waals surface area contributed by atoms with Crippen LogP contribution in [-0.4, -0.2) is 28.8 Å². The average Bonchev–Trinajstić information content (AvgIpc) is 2.14. The molecule has 0 amide bonds. The van der Waals surface area contributed by atoms with Gasteiger partial charge in [0.15, 0.2) is 0 Å². The summed E-state index contributed by atoms with van der Waals surface area (Å²) in [6.45, 7) is 2.37. The van der Waals surface area contributed by atoms with E-state index >= 15 is 0 Å². The normalized spacial score (nSPS) is 10.0. The summed E-state index contributed by atoms with van der Waals surface area (Å²) in [5.41, 5.74) is -0.256. The first-order valence-corrected chi connectivity index (χ1v) is 4.30. The minimum absolute atomic E-state index is 0.147. The van der Waals surface area contributed by atoms with E-state index in [9.17, 15) is 4.39 Å². The van der Waals surface area contributed by atoms with Gasteiger partial charge in [0.1, 0.15) is 0 Å². The van der Waals surface area contributed by atoms with Crippen LogP contribution in [0.15, 0.2) is 12.1 Å². The van der Waals surface area contributed by atoms with Crippen molar-refractivity contribution < 1.29 is 19.2 Å². The summed E-state index contributed by atoms with van der Waals surface area (Å²) in [4.78, 5) is 3.42. The van der Waals surface area contributed by atoms with Gasteiger partial charge in [-0.1, -0.05) is 13.0 Å². The summed E-state index contributed by atoms with van der Waals surface area (Å²) in [6, 6.07) is 2.63. The van der Waals surface area contributed by atoms with Crippen molar-refractivity contribution in [3.8, 4) is 5.88 Å². The lowest BCUT2D eigenvalue weighted by atomic mass is 9.81. The molecule has 0 saturated heterocycles. The number of aromatic nitrogens is 1. The van der Waals surface area contributed by atoms with Crippen LogP contribution in [0.2, 0.25) is 0 Å². The quantitative estimate of drug-likeness (QED) is 0.515. The Bertz CT molecular complexity index is 309. The van der Waals surface area contributed by atoms with E-state index in [1.807, 2.05) is 6.92 Å². The summed E-state index contributed by atoms with van der Waals surface area (Å²) in [5, 5.41) is 17.4. The predicted octanol–water partition coefficient (Wildman–Crippen LogP) is -0.311. The van der Waals surface area contributed by atoms with Crippen LogP contribution in [0.5, 0.6) is 5.88 Å². The molecule has 0 saturated carbocycles. The standard InChI is InChI=1S/C8H11BFNO3/c1-2-5-14-7-4-3-6(9(12)13)8(10)11-7/h3-4,12-13H,2,5H2,1H3. The highest BCUT2D eigenvalue weighted by atomic mass is 19.1.